The SMILES string of the molecule is CNC(=O)[C@@H]1C[C@@H](O)CN1C1CCN(C(=O)c2cc3ccccc3[nH]2)CC1. The van der Waals surface area contributed by atoms with E-state index in [1.807, 2.05) is 35.2 Å². The van der Waals surface area contributed by atoms with E-state index < -0.39 is 6.10 Å². The predicted molar refractivity (Wildman–Crippen MR) is 102 cm³/mol. The number of carbonyl (C=O) groups is 2. The standard InChI is InChI=1S/C20H26N4O3/c1-21-19(26)18-11-15(25)12-24(18)14-6-8-23(9-7-14)20(27)17-10-13-4-2-3-5-16(13)22-17/h2-5,10,14-15,18,22,25H,6-9,11-12H2,1H3,(H,21,26)/t15-,18+/m1/s1. The van der Waals surface area contributed by atoms with Gasteiger partial charge < -0.3 is 20.3 Å². The molecule has 0 unspecified atom stereocenters. The Bertz CT molecular complexity index is 808. The summed E-state index contributed by atoms with van der Waals surface area (Å²) in [6.07, 6.45) is 1.64. The molecular formula is C20H26N4O3. The van der Waals surface area contributed by atoms with Crippen LogP contribution >= 0.6 is 0 Å². The molecule has 2 aliphatic heterocycles. The molecule has 7 nitrogen and oxygen atoms in total. The molecule has 27 heavy (non-hydrogen) atoms. The van der Waals surface area contributed by atoms with Crippen molar-refractivity contribution in [2.24, 2.45) is 0 Å². The zero-order valence-corrected chi connectivity index (χ0v) is 15.5. The Morgan fingerprint density at radius 1 is 1.22 bits per heavy atom. The normalized spacial score (nSPS) is 24.4. The van der Waals surface area contributed by atoms with Crippen molar-refractivity contribution in [2.75, 3.05) is 26.7 Å². The summed E-state index contributed by atoms with van der Waals surface area (Å²) in [5, 5.41) is 13.7. The van der Waals surface area contributed by atoms with E-state index in [0.29, 0.717) is 31.7 Å². The van der Waals surface area contributed by atoms with Crippen LogP contribution in [0.2, 0.25) is 0 Å². The zero-order chi connectivity index (χ0) is 19.0. The third-order valence-electron chi connectivity index (χ3n) is 5.85. The third-order valence-corrected chi connectivity index (χ3v) is 5.85. The molecular weight excluding hydrogens is 344 g/mol. The second-order valence-electron chi connectivity index (χ2n) is 7.51. The van der Waals surface area contributed by atoms with Crippen LogP contribution in [0.25, 0.3) is 10.9 Å². The van der Waals surface area contributed by atoms with Crippen LogP contribution in [0, 0.1) is 0 Å². The lowest BCUT2D eigenvalue weighted by Gasteiger charge is -2.38. The van der Waals surface area contributed by atoms with E-state index in [0.717, 1.165) is 23.7 Å². The maximum Gasteiger partial charge on any atom is 0.270 e. The summed E-state index contributed by atoms with van der Waals surface area (Å²) >= 11 is 0. The number of aliphatic hydroxyl groups excluding tert-OH is 1. The van der Waals surface area contributed by atoms with Gasteiger partial charge in [-0.25, -0.2) is 0 Å². The summed E-state index contributed by atoms with van der Waals surface area (Å²) in [5.41, 5.74) is 1.59. The van der Waals surface area contributed by atoms with E-state index in [4.69, 9.17) is 0 Å². The molecule has 2 aliphatic rings. The Morgan fingerprint density at radius 3 is 2.67 bits per heavy atom. The van der Waals surface area contributed by atoms with Crippen LogP contribution in [0.4, 0.5) is 0 Å². The number of amides is 2. The third kappa shape index (κ3) is 3.44. The van der Waals surface area contributed by atoms with Gasteiger partial charge in [-0.15, -0.1) is 0 Å². The number of aliphatic hydroxyl groups is 1. The van der Waals surface area contributed by atoms with Crippen molar-refractivity contribution < 1.29 is 14.7 Å². The lowest BCUT2D eigenvalue weighted by atomic mass is 10.0. The van der Waals surface area contributed by atoms with Crippen molar-refractivity contribution in [3.8, 4) is 0 Å². The fourth-order valence-corrected chi connectivity index (χ4v) is 4.43. The molecule has 1 aromatic heterocycles. The van der Waals surface area contributed by atoms with Crippen molar-refractivity contribution in [3.63, 3.8) is 0 Å². The number of hydrogen-bond acceptors (Lipinski definition) is 4. The Labute approximate surface area is 158 Å². The van der Waals surface area contributed by atoms with E-state index in [2.05, 4.69) is 15.2 Å². The number of nitrogens with zero attached hydrogens (tertiary/aromatic N) is 2. The van der Waals surface area contributed by atoms with Gasteiger partial charge in [-0.05, 0) is 31.4 Å². The number of β-amino-alcohol motifs (C(OH)–C–C–N with tert-alkyl or cyclic N) is 1. The molecule has 4 rings (SSSR count). The number of aromatic nitrogens is 1. The zero-order valence-electron chi connectivity index (χ0n) is 15.5. The number of nitrogens with one attached hydrogen (secondary N) is 2. The average Bonchev–Trinajstić information content (AvgIpc) is 3.30. The number of rotatable bonds is 3. The molecule has 0 saturated carbocycles. The highest BCUT2D eigenvalue weighted by Crippen LogP contribution is 2.27. The largest absolute Gasteiger partial charge is 0.392 e. The molecule has 0 aliphatic carbocycles. The Morgan fingerprint density at radius 2 is 1.96 bits per heavy atom. The second-order valence-corrected chi connectivity index (χ2v) is 7.51. The van der Waals surface area contributed by atoms with Gasteiger partial charge in [0.05, 0.1) is 12.1 Å². The lowest BCUT2D eigenvalue weighted by Crippen LogP contribution is -2.51. The van der Waals surface area contributed by atoms with Crippen LogP contribution in [0.3, 0.4) is 0 Å². The number of benzene rings is 1. The van der Waals surface area contributed by atoms with Crippen LogP contribution in [0.1, 0.15) is 29.8 Å². The number of H-pyrrole nitrogens is 1. The van der Waals surface area contributed by atoms with E-state index in [9.17, 15) is 14.7 Å². The minimum absolute atomic E-state index is 0.0222. The van der Waals surface area contributed by atoms with E-state index in [-0.39, 0.29) is 23.9 Å². The number of carbonyl (C=O) groups excluding carboxylic acids is 2. The average molecular weight is 370 g/mol. The van der Waals surface area contributed by atoms with Crippen LogP contribution < -0.4 is 5.32 Å². The van der Waals surface area contributed by atoms with Gasteiger partial charge in [0.15, 0.2) is 0 Å². The number of para-hydroxylation sites is 1. The second kappa shape index (κ2) is 7.32. The van der Waals surface area contributed by atoms with Crippen molar-refractivity contribution in [1.82, 2.24) is 20.1 Å². The van der Waals surface area contributed by atoms with Gasteiger partial charge in [0, 0.05) is 43.6 Å². The first kappa shape index (κ1) is 18.0. The maximum absolute atomic E-state index is 12.8. The smallest absolute Gasteiger partial charge is 0.270 e. The summed E-state index contributed by atoms with van der Waals surface area (Å²) < 4.78 is 0. The molecule has 3 N–H and O–H groups in total. The maximum atomic E-state index is 12.8. The topological polar surface area (TPSA) is 88.7 Å². The van der Waals surface area contributed by atoms with Gasteiger partial charge in [-0.1, -0.05) is 18.2 Å². The molecule has 144 valence electrons. The van der Waals surface area contributed by atoms with Crippen molar-refractivity contribution in [2.45, 2.75) is 37.5 Å². The quantitative estimate of drug-likeness (QED) is 0.751. The molecule has 0 radical (unpaired) electrons. The summed E-state index contributed by atoms with van der Waals surface area (Å²) in [7, 11) is 1.63. The molecule has 0 bridgehead atoms. The van der Waals surface area contributed by atoms with E-state index >= 15 is 0 Å². The Balaban J connectivity index is 1.41. The van der Waals surface area contributed by atoms with E-state index in [1.165, 1.54) is 0 Å². The molecule has 7 heteroatoms. The minimum Gasteiger partial charge on any atom is -0.392 e. The summed E-state index contributed by atoms with van der Waals surface area (Å²) in [5.74, 6) is -0.0166. The van der Waals surface area contributed by atoms with Crippen molar-refractivity contribution in [3.05, 3.63) is 36.0 Å². The van der Waals surface area contributed by atoms with Gasteiger partial charge in [0.25, 0.3) is 5.91 Å². The van der Waals surface area contributed by atoms with Crippen LogP contribution in [0.5, 0.6) is 0 Å². The van der Waals surface area contributed by atoms with Crippen LogP contribution in [0.15, 0.2) is 30.3 Å². The number of hydrogen-bond donors (Lipinski definition) is 3. The minimum atomic E-state index is -0.460. The summed E-state index contributed by atoms with van der Waals surface area (Å²) in [4.78, 5) is 32.2. The number of aromatic amines is 1. The fourth-order valence-electron chi connectivity index (χ4n) is 4.43. The number of likely N-dealkylation sites (N-methyl/N-ethyl adjacent to an activating group) is 1. The van der Waals surface area contributed by atoms with Crippen molar-refractivity contribution in [1.29, 1.82) is 0 Å². The first-order valence-corrected chi connectivity index (χ1v) is 9.59. The molecule has 3 heterocycles. The molecule has 2 aromatic rings. The Hall–Kier alpha value is -2.38. The first-order chi connectivity index (χ1) is 13.1. The van der Waals surface area contributed by atoms with Crippen molar-refractivity contribution >= 4 is 22.7 Å². The summed E-state index contributed by atoms with van der Waals surface area (Å²) in [6.45, 7) is 1.84. The number of fused-ring (bicyclic) bond motifs is 1. The van der Waals surface area contributed by atoms with Gasteiger partial charge >= 0.3 is 0 Å². The molecule has 2 amide bonds. The van der Waals surface area contributed by atoms with Gasteiger partial charge in [-0.2, -0.15) is 0 Å². The monoisotopic (exact) mass is 370 g/mol. The highest BCUT2D eigenvalue weighted by atomic mass is 16.3. The molecule has 2 atom stereocenters. The highest BCUT2D eigenvalue weighted by Gasteiger charge is 2.40. The van der Waals surface area contributed by atoms with Gasteiger partial charge in [0.1, 0.15) is 5.69 Å². The molecule has 1 aromatic carbocycles. The number of piperidine rings is 1. The molecule has 0 spiro atoms. The van der Waals surface area contributed by atoms with Gasteiger partial charge in [-0.3, -0.25) is 14.5 Å². The summed E-state index contributed by atoms with van der Waals surface area (Å²) in [6, 6.07) is 9.72. The fraction of sp³-hybridized carbons (Fsp3) is 0.500. The van der Waals surface area contributed by atoms with Crippen LogP contribution in [-0.2, 0) is 4.79 Å². The first-order valence-electron chi connectivity index (χ1n) is 9.59. The number of likely N-dealkylation sites (tertiary alicyclic amines) is 2. The molecule has 2 saturated heterocycles. The highest BCUT2D eigenvalue weighted by molar-refractivity contribution is 5.98. The molecule has 2 fully saturated rings. The Kier molecular flexibility index (Phi) is 4.88. The predicted octanol–water partition coefficient (Wildman–Crippen LogP) is 0.954. The van der Waals surface area contributed by atoms with Gasteiger partial charge in [0.2, 0.25) is 5.91 Å². The van der Waals surface area contributed by atoms with E-state index in [1.54, 1.807) is 7.05 Å². The van der Waals surface area contributed by atoms with Crippen LogP contribution in [-0.4, -0.2) is 76.6 Å². The lowest BCUT2D eigenvalue weighted by molar-refractivity contribution is -0.126.